The lowest BCUT2D eigenvalue weighted by molar-refractivity contribution is 0.453. The van der Waals surface area contributed by atoms with Gasteiger partial charge in [0, 0.05) is 18.6 Å². The normalized spacial score (nSPS) is 16.2. The second-order valence-corrected chi connectivity index (χ2v) is 7.36. The van der Waals surface area contributed by atoms with E-state index in [4.69, 9.17) is 28.9 Å². The molecule has 0 amide bonds. The molecule has 7 heteroatoms. The Kier molecular flexibility index (Phi) is 3.78. The van der Waals surface area contributed by atoms with Gasteiger partial charge in [0.1, 0.15) is 4.90 Å². The first kappa shape index (κ1) is 13.9. The maximum absolute atomic E-state index is 12.4. The molecule has 0 unspecified atom stereocenters. The number of hydrogen-bond donors (Lipinski definition) is 1. The molecule has 0 radical (unpaired) electrons. The second kappa shape index (κ2) is 4.89. The number of rotatable bonds is 4. The van der Waals surface area contributed by atoms with Crippen LogP contribution >= 0.6 is 23.2 Å². The predicted octanol–water partition coefficient (Wildman–Crippen LogP) is 2.61. The van der Waals surface area contributed by atoms with Gasteiger partial charge in [-0.15, -0.1) is 0 Å². The van der Waals surface area contributed by atoms with E-state index in [0.29, 0.717) is 17.5 Å². The Labute approximate surface area is 117 Å². The lowest BCUT2D eigenvalue weighted by Crippen LogP contribution is -2.29. The highest BCUT2D eigenvalue weighted by atomic mass is 35.5. The van der Waals surface area contributed by atoms with Crippen LogP contribution in [0.4, 0.5) is 5.69 Å². The van der Waals surface area contributed by atoms with E-state index >= 15 is 0 Å². The summed E-state index contributed by atoms with van der Waals surface area (Å²) < 4.78 is 26.0. The fourth-order valence-electron chi connectivity index (χ4n) is 1.77. The lowest BCUT2D eigenvalue weighted by atomic mass is 10.3. The quantitative estimate of drug-likeness (QED) is 0.870. The van der Waals surface area contributed by atoms with Gasteiger partial charge in [0.05, 0.1) is 10.7 Å². The Morgan fingerprint density at radius 3 is 2.50 bits per heavy atom. The highest BCUT2D eigenvalue weighted by Gasteiger charge is 2.31. The van der Waals surface area contributed by atoms with Gasteiger partial charge in [-0.25, -0.2) is 12.7 Å². The Morgan fingerprint density at radius 1 is 1.39 bits per heavy atom. The molecule has 0 atom stereocenters. The van der Waals surface area contributed by atoms with Crippen LogP contribution in [0.1, 0.15) is 12.8 Å². The zero-order valence-electron chi connectivity index (χ0n) is 9.86. The van der Waals surface area contributed by atoms with Crippen LogP contribution in [0.5, 0.6) is 0 Å². The molecule has 4 nitrogen and oxygen atoms in total. The fraction of sp³-hybridized carbons (Fsp3) is 0.455. The number of halogens is 2. The average Bonchev–Trinajstić information content (AvgIpc) is 2.98. The van der Waals surface area contributed by atoms with Crippen molar-refractivity contribution in [1.82, 2.24) is 4.31 Å². The van der Waals surface area contributed by atoms with E-state index < -0.39 is 10.0 Å². The van der Waals surface area contributed by atoms with Crippen LogP contribution in [0.3, 0.4) is 0 Å². The van der Waals surface area contributed by atoms with Gasteiger partial charge in [0.2, 0.25) is 10.0 Å². The van der Waals surface area contributed by atoms with Crippen LogP contribution < -0.4 is 5.73 Å². The summed E-state index contributed by atoms with van der Waals surface area (Å²) in [6.07, 6.45) is 2.15. The minimum absolute atomic E-state index is 0.0580. The Balaban J connectivity index is 2.39. The third-order valence-electron chi connectivity index (χ3n) is 2.92. The third-order valence-corrected chi connectivity index (χ3v) is 5.49. The summed E-state index contributed by atoms with van der Waals surface area (Å²) in [5.74, 6) is 0.456. The van der Waals surface area contributed by atoms with E-state index in [2.05, 4.69) is 0 Å². The molecule has 0 heterocycles. The minimum atomic E-state index is -3.65. The van der Waals surface area contributed by atoms with Crippen LogP contribution in [0.2, 0.25) is 10.0 Å². The summed E-state index contributed by atoms with van der Waals surface area (Å²) >= 11 is 11.7. The number of sulfonamides is 1. The van der Waals surface area contributed by atoms with Gasteiger partial charge >= 0.3 is 0 Å². The number of nitrogen functional groups attached to an aromatic ring is 1. The average molecular weight is 309 g/mol. The fourth-order valence-corrected chi connectivity index (χ4v) is 3.95. The Morgan fingerprint density at radius 2 is 2.00 bits per heavy atom. The monoisotopic (exact) mass is 308 g/mol. The Hall–Kier alpha value is -0.490. The van der Waals surface area contributed by atoms with Crippen molar-refractivity contribution in [2.45, 2.75) is 17.7 Å². The molecular formula is C11H14Cl2N2O2S. The SMILES string of the molecule is CN(CC1CC1)S(=O)(=O)c1c(N)cc(Cl)cc1Cl. The largest absolute Gasteiger partial charge is 0.398 e. The molecule has 1 aromatic rings. The highest BCUT2D eigenvalue weighted by molar-refractivity contribution is 7.89. The van der Waals surface area contributed by atoms with Crippen molar-refractivity contribution in [3.05, 3.63) is 22.2 Å². The summed E-state index contributed by atoms with van der Waals surface area (Å²) in [4.78, 5) is -0.0586. The first-order valence-corrected chi connectivity index (χ1v) is 7.73. The van der Waals surface area contributed by atoms with Crippen molar-refractivity contribution in [2.75, 3.05) is 19.3 Å². The maximum atomic E-state index is 12.4. The molecule has 0 aliphatic heterocycles. The van der Waals surface area contributed by atoms with Gasteiger partial charge in [0.15, 0.2) is 0 Å². The van der Waals surface area contributed by atoms with E-state index in [9.17, 15) is 8.42 Å². The molecule has 1 fully saturated rings. The van der Waals surface area contributed by atoms with Crippen LogP contribution in [0.15, 0.2) is 17.0 Å². The maximum Gasteiger partial charge on any atom is 0.246 e. The van der Waals surface area contributed by atoms with Gasteiger partial charge in [0.25, 0.3) is 0 Å². The Bertz CT molecular complexity index is 547. The molecule has 0 aromatic heterocycles. The van der Waals surface area contributed by atoms with E-state index in [1.54, 1.807) is 0 Å². The molecule has 1 saturated carbocycles. The molecule has 1 aromatic carbocycles. The first-order valence-electron chi connectivity index (χ1n) is 5.53. The molecule has 1 aliphatic rings. The minimum Gasteiger partial charge on any atom is -0.398 e. The molecule has 18 heavy (non-hydrogen) atoms. The molecular weight excluding hydrogens is 295 g/mol. The summed E-state index contributed by atoms with van der Waals surface area (Å²) in [7, 11) is -2.11. The summed E-state index contributed by atoms with van der Waals surface area (Å²) in [6, 6.07) is 2.78. The second-order valence-electron chi connectivity index (χ2n) is 4.53. The van der Waals surface area contributed by atoms with Crippen molar-refractivity contribution in [3.8, 4) is 0 Å². The van der Waals surface area contributed by atoms with Gasteiger partial charge in [-0.1, -0.05) is 23.2 Å². The van der Waals surface area contributed by atoms with E-state index in [1.165, 1.54) is 23.5 Å². The predicted molar refractivity (Wildman–Crippen MR) is 73.4 cm³/mol. The summed E-state index contributed by atoms with van der Waals surface area (Å²) in [5.41, 5.74) is 5.80. The summed E-state index contributed by atoms with van der Waals surface area (Å²) in [5, 5.41) is 0.379. The molecule has 2 N–H and O–H groups in total. The number of anilines is 1. The number of benzene rings is 1. The van der Waals surface area contributed by atoms with Gasteiger partial charge in [-0.2, -0.15) is 0 Å². The molecule has 0 bridgehead atoms. The zero-order valence-corrected chi connectivity index (χ0v) is 12.2. The topological polar surface area (TPSA) is 63.4 Å². The molecule has 0 saturated heterocycles. The van der Waals surface area contributed by atoms with E-state index in [0.717, 1.165) is 12.8 Å². The molecule has 2 rings (SSSR count). The number of hydrogen-bond acceptors (Lipinski definition) is 3. The van der Waals surface area contributed by atoms with Gasteiger partial charge < -0.3 is 5.73 Å². The number of nitrogens with two attached hydrogens (primary N) is 1. The highest BCUT2D eigenvalue weighted by Crippen LogP contribution is 2.35. The lowest BCUT2D eigenvalue weighted by Gasteiger charge is -2.19. The van der Waals surface area contributed by atoms with Crippen molar-refractivity contribution >= 4 is 38.9 Å². The van der Waals surface area contributed by atoms with Crippen molar-refractivity contribution < 1.29 is 8.42 Å². The van der Waals surface area contributed by atoms with Crippen molar-refractivity contribution in [1.29, 1.82) is 0 Å². The van der Waals surface area contributed by atoms with Crippen LogP contribution in [0.25, 0.3) is 0 Å². The summed E-state index contributed by atoms with van der Waals surface area (Å²) in [6.45, 7) is 0.501. The standard InChI is InChI=1S/C11H14Cl2N2O2S/c1-15(6-7-2-3-7)18(16,17)11-9(13)4-8(12)5-10(11)14/h4-5,7H,2-3,6,14H2,1H3. The molecule has 1 aliphatic carbocycles. The number of nitrogens with zero attached hydrogens (tertiary/aromatic N) is 1. The smallest absolute Gasteiger partial charge is 0.246 e. The molecule has 100 valence electrons. The molecule has 0 spiro atoms. The van der Waals surface area contributed by atoms with Crippen LogP contribution in [0, 0.1) is 5.92 Å². The van der Waals surface area contributed by atoms with Crippen LogP contribution in [-0.4, -0.2) is 26.3 Å². The van der Waals surface area contributed by atoms with E-state index in [-0.39, 0.29) is 15.6 Å². The van der Waals surface area contributed by atoms with Crippen molar-refractivity contribution in [3.63, 3.8) is 0 Å². The van der Waals surface area contributed by atoms with Gasteiger partial charge in [-0.05, 0) is 30.9 Å². The van der Waals surface area contributed by atoms with Gasteiger partial charge in [-0.3, -0.25) is 0 Å². The first-order chi connectivity index (χ1) is 8.32. The zero-order chi connectivity index (χ0) is 13.5. The van der Waals surface area contributed by atoms with Crippen LogP contribution in [-0.2, 0) is 10.0 Å². The van der Waals surface area contributed by atoms with Crippen molar-refractivity contribution in [2.24, 2.45) is 5.92 Å². The third kappa shape index (κ3) is 2.74. The van der Waals surface area contributed by atoms with E-state index in [1.807, 2.05) is 0 Å².